The summed E-state index contributed by atoms with van der Waals surface area (Å²) in [6, 6.07) is 0. The summed E-state index contributed by atoms with van der Waals surface area (Å²) in [6.07, 6.45) is 4.97. The van der Waals surface area contributed by atoms with Crippen molar-refractivity contribution in [3.63, 3.8) is 0 Å². The van der Waals surface area contributed by atoms with Crippen LogP contribution in [0.3, 0.4) is 0 Å². The van der Waals surface area contributed by atoms with Crippen LogP contribution in [-0.4, -0.2) is 12.7 Å². The van der Waals surface area contributed by atoms with Gasteiger partial charge in [0.25, 0.3) is 0 Å². The van der Waals surface area contributed by atoms with E-state index in [9.17, 15) is 17.6 Å². The first-order chi connectivity index (χ1) is 15.8. The summed E-state index contributed by atoms with van der Waals surface area (Å²) in [5.41, 5.74) is -0.769. The van der Waals surface area contributed by atoms with E-state index in [1.807, 2.05) is 13.8 Å². The minimum Gasteiger partial charge on any atom is -0.373 e. The van der Waals surface area contributed by atoms with Crippen molar-refractivity contribution in [1.82, 2.24) is 0 Å². The van der Waals surface area contributed by atoms with Crippen molar-refractivity contribution in [3.8, 4) is 0 Å². The number of ether oxygens (including phenoxy) is 1. The number of hydrogen-bond acceptors (Lipinski definition) is 1. The fraction of sp³-hybridized carbons (Fsp3) is 0.310. The lowest BCUT2D eigenvalue weighted by molar-refractivity contribution is 0.0690. The average Bonchev–Trinajstić information content (AvgIpc) is 2.81. The number of halogens is 4. The molecule has 0 spiro atoms. The van der Waals surface area contributed by atoms with Crippen molar-refractivity contribution in [2.24, 2.45) is 5.92 Å². The van der Waals surface area contributed by atoms with E-state index < -0.39 is 29.4 Å². The summed E-state index contributed by atoms with van der Waals surface area (Å²) < 4.78 is 63.3. The maximum absolute atomic E-state index is 14.6. The molecule has 0 bridgehead atoms. The molecular formula is C29H36F4O. The summed E-state index contributed by atoms with van der Waals surface area (Å²) in [6.45, 7) is 30.8. The predicted octanol–water partition coefficient (Wildman–Crippen LogP) is 9.60. The Balaban J connectivity index is 5.33. The normalized spacial score (nSPS) is 13.8. The van der Waals surface area contributed by atoms with Gasteiger partial charge in [-0.2, -0.15) is 0 Å². The second kappa shape index (κ2) is 15.1. The van der Waals surface area contributed by atoms with Crippen LogP contribution in [0.2, 0.25) is 0 Å². The van der Waals surface area contributed by atoms with E-state index in [4.69, 9.17) is 4.74 Å². The summed E-state index contributed by atoms with van der Waals surface area (Å²) in [5.74, 6) is -4.50. The van der Waals surface area contributed by atoms with Crippen molar-refractivity contribution < 1.29 is 22.3 Å². The highest BCUT2D eigenvalue weighted by molar-refractivity contribution is 5.54. The second-order valence-corrected chi connectivity index (χ2v) is 8.28. The van der Waals surface area contributed by atoms with Gasteiger partial charge in [0.2, 0.25) is 0 Å². The zero-order chi connectivity index (χ0) is 26.6. The minimum absolute atomic E-state index is 0.00356. The van der Waals surface area contributed by atoms with Gasteiger partial charge in [0, 0.05) is 23.3 Å². The fourth-order valence-corrected chi connectivity index (χ4v) is 2.43. The van der Waals surface area contributed by atoms with Gasteiger partial charge in [-0.05, 0) is 48.8 Å². The second-order valence-electron chi connectivity index (χ2n) is 8.28. The van der Waals surface area contributed by atoms with Crippen LogP contribution in [0.25, 0.3) is 0 Å². The smallest absolute Gasteiger partial charge is 0.166 e. The summed E-state index contributed by atoms with van der Waals surface area (Å²) in [7, 11) is 0. The van der Waals surface area contributed by atoms with E-state index in [2.05, 4.69) is 46.1 Å². The van der Waals surface area contributed by atoms with Gasteiger partial charge in [0.05, 0.1) is 6.10 Å². The predicted molar refractivity (Wildman–Crippen MR) is 137 cm³/mol. The number of hydrogen-bond donors (Lipinski definition) is 0. The topological polar surface area (TPSA) is 9.23 Å². The van der Waals surface area contributed by atoms with Crippen molar-refractivity contribution in [2.75, 3.05) is 6.61 Å². The molecule has 186 valence electrons. The highest BCUT2D eigenvalue weighted by atomic mass is 19.2. The van der Waals surface area contributed by atoms with Gasteiger partial charge < -0.3 is 4.74 Å². The first-order valence-electron chi connectivity index (χ1n) is 10.9. The lowest BCUT2D eigenvalue weighted by Gasteiger charge is -2.17. The Morgan fingerprint density at radius 2 is 1.24 bits per heavy atom. The van der Waals surface area contributed by atoms with Crippen LogP contribution in [0.4, 0.5) is 17.6 Å². The Morgan fingerprint density at radius 3 is 1.68 bits per heavy atom. The molecule has 0 saturated heterocycles. The summed E-state index contributed by atoms with van der Waals surface area (Å²) in [4.78, 5) is 0. The first-order valence-corrected chi connectivity index (χ1v) is 10.9. The van der Waals surface area contributed by atoms with E-state index in [0.717, 1.165) is 0 Å². The van der Waals surface area contributed by atoms with Crippen molar-refractivity contribution in [3.05, 3.63) is 121 Å². The third kappa shape index (κ3) is 9.92. The van der Waals surface area contributed by atoms with Crippen LogP contribution >= 0.6 is 0 Å². The largest absolute Gasteiger partial charge is 0.373 e. The zero-order valence-electron chi connectivity index (χ0n) is 20.6. The van der Waals surface area contributed by atoms with Crippen molar-refractivity contribution in [1.29, 1.82) is 0 Å². The van der Waals surface area contributed by atoms with Crippen LogP contribution in [0, 0.1) is 5.92 Å². The Hall–Kier alpha value is -2.92. The molecule has 0 amide bonds. The molecular weight excluding hydrogens is 440 g/mol. The minimum atomic E-state index is -1.24. The first kappa shape index (κ1) is 31.1. The molecule has 0 aliphatic carbocycles. The van der Waals surface area contributed by atoms with Gasteiger partial charge in [-0.15, -0.1) is 6.58 Å². The van der Waals surface area contributed by atoms with Gasteiger partial charge in [-0.3, -0.25) is 0 Å². The fourth-order valence-electron chi connectivity index (χ4n) is 2.43. The molecule has 0 aromatic carbocycles. The zero-order valence-corrected chi connectivity index (χ0v) is 20.6. The van der Waals surface area contributed by atoms with Gasteiger partial charge in [0.1, 0.15) is 0 Å². The third-order valence-electron chi connectivity index (χ3n) is 4.83. The van der Waals surface area contributed by atoms with Crippen molar-refractivity contribution >= 4 is 0 Å². The Bertz CT molecular complexity index is 941. The molecule has 0 aliphatic heterocycles. The van der Waals surface area contributed by atoms with Crippen LogP contribution in [0.5, 0.6) is 0 Å². The maximum Gasteiger partial charge on any atom is 0.166 e. The van der Waals surface area contributed by atoms with Crippen LogP contribution in [0.15, 0.2) is 121 Å². The molecule has 34 heavy (non-hydrogen) atoms. The SMILES string of the molecule is C=CCCCC(=C)/C(F)=C(/F)C(=C)C(=C)/C=C\C(=C)C(=C)/C(F)=C(/F)C(=C)C(C)OCC(C)C. The van der Waals surface area contributed by atoms with Gasteiger partial charge in [-0.25, -0.2) is 17.6 Å². The maximum atomic E-state index is 14.6. The van der Waals surface area contributed by atoms with Gasteiger partial charge >= 0.3 is 0 Å². The van der Waals surface area contributed by atoms with Crippen LogP contribution in [-0.2, 0) is 4.74 Å². The molecule has 0 aromatic heterocycles. The molecule has 1 unspecified atom stereocenters. The molecule has 1 nitrogen and oxygen atoms in total. The van der Waals surface area contributed by atoms with Gasteiger partial charge in [0.15, 0.2) is 23.3 Å². The monoisotopic (exact) mass is 476 g/mol. The average molecular weight is 477 g/mol. The van der Waals surface area contributed by atoms with E-state index in [1.54, 1.807) is 13.0 Å². The Morgan fingerprint density at radius 1 is 0.765 bits per heavy atom. The third-order valence-corrected chi connectivity index (χ3v) is 4.83. The summed E-state index contributed by atoms with van der Waals surface area (Å²) >= 11 is 0. The molecule has 0 heterocycles. The van der Waals surface area contributed by atoms with Gasteiger partial charge in [-0.1, -0.05) is 71.5 Å². The molecule has 0 aliphatic rings. The molecule has 0 fully saturated rings. The lowest BCUT2D eigenvalue weighted by Crippen LogP contribution is -2.15. The molecule has 0 saturated carbocycles. The van der Waals surface area contributed by atoms with E-state index >= 15 is 0 Å². The number of unbranched alkanes of at least 4 members (excludes halogenated alkanes) is 1. The van der Waals surface area contributed by atoms with Crippen LogP contribution in [0.1, 0.15) is 40.0 Å². The van der Waals surface area contributed by atoms with E-state index in [0.29, 0.717) is 19.4 Å². The highest BCUT2D eigenvalue weighted by Gasteiger charge is 2.20. The molecule has 1 atom stereocenters. The van der Waals surface area contributed by atoms with Crippen molar-refractivity contribution in [2.45, 2.75) is 46.1 Å². The van der Waals surface area contributed by atoms with E-state index in [1.165, 1.54) is 12.2 Å². The Kier molecular flexibility index (Phi) is 13.8. The van der Waals surface area contributed by atoms with E-state index in [-0.39, 0.29) is 45.8 Å². The molecule has 0 aromatic rings. The highest BCUT2D eigenvalue weighted by Crippen LogP contribution is 2.31. The number of allylic oxidation sites excluding steroid dienone is 11. The molecule has 0 N–H and O–H groups in total. The summed E-state index contributed by atoms with van der Waals surface area (Å²) in [5, 5.41) is 0. The number of rotatable bonds is 16. The lowest BCUT2D eigenvalue weighted by atomic mass is 10.0. The standard InChI is InChI=1S/C29H36F4O/c1-11-12-13-14-21(6)26(30)27(31)22(7)19(4)15-16-20(5)23(8)28(32)29(33)24(9)25(10)34-17-18(2)3/h11,15-16,18,25H,1,4-9,12-14,17H2,2-3,10H3/b16-15-,27-26-,29-28-. The van der Waals surface area contributed by atoms with Crippen LogP contribution < -0.4 is 0 Å². The molecule has 0 rings (SSSR count). The quantitative estimate of drug-likeness (QED) is 0.0932. The molecule has 5 heteroatoms. The molecule has 0 radical (unpaired) electrons. The Labute approximate surface area is 202 Å².